The molecule has 1 aliphatic carbocycles. The van der Waals surface area contributed by atoms with Crippen molar-refractivity contribution in [2.45, 2.75) is 50.5 Å². The second-order valence-corrected chi connectivity index (χ2v) is 6.16. The molecule has 2 fully saturated rings. The van der Waals surface area contributed by atoms with Crippen LogP contribution in [0.1, 0.15) is 39.5 Å². The molecule has 2 rings (SSSR count). The van der Waals surface area contributed by atoms with E-state index in [2.05, 4.69) is 22.9 Å². The van der Waals surface area contributed by atoms with Gasteiger partial charge in [0, 0.05) is 0 Å². The van der Waals surface area contributed by atoms with Gasteiger partial charge in [0.05, 0.1) is 10.7 Å². The van der Waals surface area contributed by atoms with E-state index in [0.717, 1.165) is 12.3 Å². The zero-order chi connectivity index (χ0) is 11.0. The first kappa shape index (κ1) is 11.4. The summed E-state index contributed by atoms with van der Waals surface area (Å²) in [4.78, 5) is 11.7. The van der Waals surface area contributed by atoms with E-state index in [4.69, 9.17) is 4.74 Å². The van der Waals surface area contributed by atoms with Crippen LogP contribution >= 0.6 is 15.9 Å². The quantitative estimate of drug-likeness (QED) is 0.584. The van der Waals surface area contributed by atoms with Crippen LogP contribution in [0.2, 0.25) is 0 Å². The molecule has 0 spiro atoms. The first-order chi connectivity index (χ1) is 7.09. The lowest BCUT2D eigenvalue weighted by atomic mass is 9.74. The van der Waals surface area contributed by atoms with E-state index in [-0.39, 0.29) is 18.0 Å². The smallest absolute Gasteiger partial charge is 0.309 e. The first-order valence-electron chi connectivity index (χ1n) is 5.94. The minimum atomic E-state index is -0.0229. The van der Waals surface area contributed by atoms with Crippen LogP contribution in [0.5, 0.6) is 0 Å². The fourth-order valence-electron chi connectivity index (χ4n) is 2.52. The van der Waals surface area contributed by atoms with Crippen LogP contribution in [0.15, 0.2) is 0 Å². The van der Waals surface area contributed by atoms with E-state index in [1.807, 2.05) is 6.92 Å². The summed E-state index contributed by atoms with van der Waals surface area (Å²) in [7, 11) is 0. The molecule has 15 heavy (non-hydrogen) atoms. The van der Waals surface area contributed by atoms with Gasteiger partial charge in [0.25, 0.3) is 0 Å². The van der Waals surface area contributed by atoms with Crippen molar-refractivity contribution in [3.8, 4) is 0 Å². The third-order valence-electron chi connectivity index (χ3n) is 4.01. The van der Waals surface area contributed by atoms with Crippen molar-refractivity contribution >= 4 is 21.9 Å². The van der Waals surface area contributed by atoms with Gasteiger partial charge in [0.15, 0.2) is 0 Å². The Kier molecular flexibility index (Phi) is 3.39. The third-order valence-corrected chi connectivity index (χ3v) is 5.43. The van der Waals surface area contributed by atoms with Crippen LogP contribution in [0.4, 0.5) is 0 Å². The van der Waals surface area contributed by atoms with Crippen molar-refractivity contribution in [1.82, 2.24) is 0 Å². The summed E-state index contributed by atoms with van der Waals surface area (Å²) in [6.45, 7) is 4.23. The van der Waals surface area contributed by atoms with Crippen molar-refractivity contribution in [2.24, 2.45) is 17.8 Å². The summed E-state index contributed by atoms with van der Waals surface area (Å²) in [6, 6.07) is 0. The highest BCUT2D eigenvalue weighted by Crippen LogP contribution is 2.40. The molecular formula is C12H19BrO2. The van der Waals surface area contributed by atoms with E-state index in [9.17, 15) is 4.79 Å². The summed E-state index contributed by atoms with van der Waals surface area (Å²) in [5.74, 6) is 1.53. The van der Waals surface area contributed by atoms with Gasteiger partial charge in [0.2, 0.25) is 0 Å². The number of halogens is 1. The predicted molar refractivity (Wildman–Crippen MR) is 62.9 cm³/mol. The molecule has 86 valence electrons. The Morgan fingerprint density at radius 1 is 1.47 bits per heavy atom. The maximum Gasteiger partial charge on any atom is 0.309 e. The Balaban J connectivity index is 1.90. The van der Waals surface area contributed by atoms with E-state index in [1.54, 1.807) is 0 Å². The lowest BCUT2D eigenvalue weighted by molar-refractivity contribution is -0.144. The maximum absolute atomic E-state index is 11.3. The van der Waals surface area contributed by atoms with Gasteiger partial charge in [-0.3, -0.25) is 4.79 Å². The van der Waals surface area contributed by atoms with E-state index >= 15 is 0 Å². The number of alkyl halides is 1. The Hall–Kier alpha value is -0.0500. The number of ether oxygens (including phenoxy) is 1. The Bertz CT molecular complexity index is 250. The van der Waals surface area contributed by atoms with Gasteiger partial charge in [-0.2, -0.15) is 0 Å². The number of esters is 1. The lowest BCUT2D eigenvalue weighted by Gasteiger charge is -2.35. The first-order valence-corrected chi connectivity index (χ1v) is 6.85. The number of carbonyl (C=O) groups is 1. The summed E-state index contributed by atoms with van der Waals surface area (Å²) in [6.07, 6.45) is 5.04. The largest absolute Gasteiger partial charge is 0.461 e. The van der Waals surface area contributed by atoms with Crippen molar-refractivity contribution in [2.75, 3.05) is 0 Å². The zero-order valence-corrected chi connectivity index (χ0v) is 11.0. The number of rotatable bonds is 3. The van der Waals surface area contributed by atoms with Crippen LogP contribution in [0, 0.1) is 17.8 Å². The Morgan fingerprint density at radius 3 is 2.53 bits per heavy atom. The molecule has 1 saturated heterocycles. The molecule has 2 nitrogen and oxygen atoms in total. The van der Waals surface area contributed by atoms with Crippen molar-refractivity contribution in [3.63, 3.8) is 0 Å². The highest BCUT2D eigenvalue weighted by Gasteiger charge is 2.40. The average molecular weight is 275 g/mol. The Morgan fingerprint density at radius 2 is 2.13 bits per heavy atom. The number of carbonyl (C=O) groups excluding carboxylic acids is 1. The molecule has 3 heteroatoms. The van der Waals surface area contributed by atoms with Crippen molar-refractivity contribution in [1.29, 1.82) is 0 Å². The van der Waals surface area contributed by atoms with E-state index in [1.165, 1.54) is 19.3 Å². The summed E-state index contributed by atoms with van der Waals surface area (Å²) in [5, 5.41) is 0. The van der Waals surface area contributed by atoms with Crippen LogP contribution in [-0.4, -0.2) is 16.9 Å². The summed E-state index contributed by atoms with van der Waals surface area (Å²) in [5.41, 5.74) is 0. The van der Waals surface area contributed by atoms with Gasteiger partial charge < -0.3 is 4.74 Å². The standard InChI is InChI=1S/C12H19BrO2/c1-7-6-10(15-12(7)14)11(13)8(2)9-4-3-5-9/h7-11H,3-6H2,1-2H3/t7-,8?,10?,11-/m1/s1. The molecule has 1 saturated carbocycles. The van der Waals surface area contributed by atoms with Gasteiger partial charge in [-0.05, 0) is 18.3 Å². The highest BCUT2D eigenvalue weighted by atomic mass is 79.9. The van der Waals surface area contributed by atoms with Gasteiger partial charge in [-0.15, -0.1) is 0 Å². The minimum Gasteiger partial charge on any atom is -0.461 e. The molecule has 0 aromatic heterocycles. The van der Waals surface area contributed by atoms with Gasteiger partial charge in [-0.25, -0.2) is 0 Å². The number of hydrogen-bond donors (Lipinski definition) is 0. The number of hydrogen-bond acceptors (Lipinski definition) is 2. The molecular weight excluding hydrogens is 256 g/mol. The van der Waals surface area contributed by atoms with Crippen LogP contribution in [0.25, 0.3) is 0 Å². The molecule has 2 unspecified atom stereocenters. The molecule has 1 aliphatic heterocycles. The fourth-order valence-corrected chi connectivity index (χ4v) is 3.27. The minimum absolute atomic E-state index is 0.0229. The lowest BCUT2D eigenvalue weighted by Crippen LogP contribution is -2.34. The SMILES string of the molecule is CC(C1CCC1)[C@@H](Br)C1C[C@@H](C)C(=O)O1. The van der Waals surface area contributed by atoms with Gasteiger partial charge in [-0.1, -0.05) is 49.0 Å². The molecule has 1 heterocycles. The van der Waals surface area contributed by atoms with Crippen molar-refractivity contribution in [3.05, 3.63) is 0 Å². The second kappa shape index (κ2) is 4.44. The average Bonchev–Trinajstić information content (AvgIpc) is 2.43. The van der Waals surface area contributed by atoms with Crippen LogP contribution < -0.4 is 0 Å². The molecule has 0 aromatic rings. The van der Waals surface area contributed by atoms with Crippen LogP contribution in [-0.2, 0) is 9.53 Å². The summed E-state index contributed by atoms with van der Waals surface area (Å²) < 4.78 is 5.39. The molecule has 0 radical (unpaired) electrons. The Labute approximate surface area is 99.9 Å². The van der Waals surface area contributed by atoms with Crippen molar-refractivity contribution < 1.29 is 9.53 Å². The molecule has 0 N–H and O–H groups in total. The third kappa shape index (κ3) is 2.22. The fraction of sp³-hybridized carbons (Fsp3) is 0.917. The van der Waals surface area contributed by atoms with Gasteiger partial charge >= 0.3 is 5.97 Å². The monoisotopic (exact) mass is 274 g/mol. The predicted octanol–water partition coefficient (Wildman–Crippen LogP) is 3.14. The van der Waals surface area contributed by atoms with E-state index in [0.29, 0.717) is 10.7 Å². The molecule has 0 aromatic carbocycles. The molecule has 0 amide bonds. The molecule has 0 bridgehead atoms. The zero-order valence-electron chi connectivity index (χ0n) is 9.41. The molecule has 2 aliphatic rings. The summed E-state index contributed by atoms with van der Waals surface area (Å²) >= 11 is 3.72. The maximum atomic E-state index is 11.3. The topological polar surface area (TPSA) is 26.3 Å². The van der Waals surface area contributed by atoms with E-state index < -0.39 is 0 Å². The second-order valence-electron chi connectivity index (χ2n) is 5.11. The van der Waals surface area contributed by atoms with Crippen LogP contribution in [0.3, 0.4) is 0 Å². The normalized spacial score (nSPS) is 35.8. The van der Waals surface area contributed by atoms with Gasteiger partial charge in [0.1, 0.15) is 6.10 Å². The number of cyclic esters (lactones) is 1. The molecule has 4 atom stereocenters. The highest BCUT2D eigenvalue weighted by molar-refractivity contribution is 9.09.